The van der Waals surface area contributed by atoms with Crippen LogP contribution in [0, 0.1) is 6.92 Å². The van der Waals surface area contributed by atoms with E-state index < -0.39 is 6.04 Å². The number of nitrogens with one attached hydrogen (secondary N) is 2. The maximum Gasteiger partial charge on any atom is 0.241 e. The first-order valence-electron chi connectivity index (χ1n) is 9.77. The molecule has 0 fully saturated rings. The van der Waals surface area contributed by atoms with E-state index in [0.29, 0.717) is 11.6 Å². The summed E-state index contributed by atoms with van der Waals surface area (Å²) < 4.78 is 5.11. The molecule has 2 N–H and O–H groups in total. The van der Waals surface area contributed by atoms with Crippen molar-refractivity contribution < 1.29 is 14.3 Å². The molecule has 0 bridgehead atoms. The number of anilines is 2. The number of carbonyl (C=O) groups is 2. The molecule has 2 amide bonds. The minimum absolute atomic E-state index is 0.103. The standard InChI is InChI=1S/C23H31N3O3/c1-15(2)20-9-7-8-16(3)22(20)25-23(28)17(4)26(5)14-21(27)24-18-10-12-19(29-6)13-11-18/h7-13,15,17H,14H2,1-6H3,(H,24,27)(H,25,28)/t17-/m1/s1. The van der Waals surface area contributed by atoms with E-state index in [1.807, 2.05) is 25.1 Å². The second-order valence-electron chi connectivity index (χ2n) is 7.55. The van der Waals surface area contributed by atoms with E-state index in [2.05, 4.69) is 24.5 Å². The quantitative estimate of drug-likeness (QED) is 0.706. The van der Waals surface area contributed by atoms with Gasteiger partial charge in [-0.15, -0.1) is 0 Å². The number of hydrogen-bond acceptors (Lipinski definition) is 4. The monoisotopic (exact) mass is 397 g/mol. The molecule has 0 aliphatic carbocycles. The fraction of sp³-hybridized carbons (Fsp3) is 0.391. The van der Waals surface area contributed by atoms with Crippen LogP contribution in [0.25, 0.3) is 0 Å². The lowest BCUT2D eigenvalue weighted by Gasteiger charge is -2.25. The number of para-hydroxylation sites is 1. The highest BCUT2D eigenvalue weighted by Gasteiger charge is 2.22. The SMILES string of the molecule is COc1ccc(NC(=O)CN(C)[C@H](C)C(=O)Nc2c(C)cccc2C(C)C)cc1. The fourth-order valence-electron chi connectivity index (χ4n) is 3.01. The number of amides is 2. The Morgan fingerprint density at radius 1 is 1.03 bits per heavy atom. The zero-order valence-electron chi connectivity index (χ0n) is 18.1. The van der Waals surface area contributed by atoms with E-state index in [-0.39, 0.29) is 18.4 Å². The van der Waals surface area contributed by atoms with Crippen molar-refractivity contribution in [3.8, 4) is 5.75 Å². The van der Waals surface area contributed by atoms with Gasteiger partial charge in [-0.2, -0.15) is 0 Å². The smallest absolute Gasteiger partial charge is 0.241 e. The number of nitrogens with zero attached hydrogens (tertiary/aromatic N) is 1. The summed E-state index contributed by atoms with van der Waals surface area (Å²) in [6.45, 7) is 8.08. The molecule has 6 nitrogen and oxygen atoms in total. The molecule has 0 spiro atoms. The lowest BCUT2D eigenvalue weighted by atomic mass is 9.98. The first kappa shape index (κ1) is 22.4. The highest BCUT2D eigenvalue weighted by atomic mass is 16.5. The van der Waals surface area contributed by atoms with Crippen molar-refractivity contribution >= 4 is 23.2 Å². The molecule has 0 aliphatic rings. The summed E-state index contributed by atoms with van der Waals surface area (Å²) in [6, 6.07) is 12.7. The van der Waals surface area contributed by atoms with Crippen molar-refractivity contribution in [3.05, 3.63) is 53.6 Å². The van der Waals surface area contributed by atoms with E-state index in [9.17, 15) is 9.59 Å². The van der Waals surface area contributed by atoms with Crippen LogP contribution in [0.1, 0.15) is 37.8 Å². The van der Waals surface area contributed by atoms with Gasteiger partial charge in [0.05, 0.1) is 19.7 Å². The van der Waals surface area contributed by atoms with Crippen molar-refractivity contribution in [2.45, 2.75) is 39.7 Å². The van der Waals surface area contributed by atoms with Crippen LogP contribution in [0.2, 0.25) is 0 Å². The molecule has 0 saturated heterocycles. The van der Waals surface area contributed by atoms with Crippen LogP contribution in [-0.4, -0.2) is 43.5 Å². The van der Waals surface area contributed by atoms with Gasteiger partial charge >= 0.3 is 0 Å². The highest BCUT2D eigenvalue weighted by molar-refractivity contribution is 5.97. The number of likely N-dealkylation sites (N-methyl/N-ethyl adjacent to an activating group) is 1. The molecule has 2 rings (SSSR count). The lowest BCUT2D eigenvalue weighted by Crippen LogP contribution is -2.43. The summed E-state index contributed by atoms with van der Waals surface area (Å²) in [6.07, 6.45) is 0. The normalized spacial score (nSPS) is 12.0. The fourth-order valence-corrected chi connectivity index (χ4v) is 3.01. The Bertz CT molecular complexity index is 847. The molecule has 1 atom stereocenters. The van der Waals surface area contributed by atoms with E-state index in [1.165, 1.54) is 0 Å². The third-order valence-corrected chi connectivity index (χ3v) is 4.98. The first-order valence-corrected chi connectivity index (χ1v) is 9.77. The molecule has 0 heterocycles. The Hall–Kier alpha value is -2.86. The van der Waals surface area contributed by atoms with Crippen molar-refractivity contribution in [2.75, 3.05) is 31.3 Å². The number of hydrogen-bond donors (Lipinski definition) is 2. The topological polar surface area (TPSA) is 70.7 Å². The van der Waals surface area contributed by atoms with Gasteiger partial charge < -0.3 is 15.4 Å². The predicted octanol–water partition coefficient (Wildman–Crippen LogP) is 4.02. The molecular formula is C23H31N3O3. The Kier molecular flexibility index (Phi) is 7.79. The van der Waals surface area contributed by atoms with Gasteiger partial charge in [-0.05, 0) is 62.2 Å². The number of ether oxygens (including phenoxy) is 1. The molecule has 29 heavy (non-hydrogen) atoms. The summed E-state index contributed by atoms with van der Waals surface area (Å²) in [5.41, 5.74) is 3.67. The van der Waals surface area contributed by atoms with E-state index in [1.54, 1.807) is 50.2 Å². The van der Waals surface area contributed by atoms with E-state index in [4.69, 9.17) is 4.74 Å². The van der Waals surface area contributed by atoms with Gasteiger partial charge in [0.25, 0.3) is 0 Å². The van der Waals surface area contributed by atoms with Crippen LogP contribution in [0.5, 0.6) is 5.75 Å². The first-order chi connectivity index (χ1) is 13.7. The molecule has 2 aromatic carbocycles. The van der Waals surface area contributed by atoms with Crippen molar-refractivity contribution in [1.29, 1.82) is 0 Å². The lowest BCUT2D eigenvalue weighted by molar-refractivity contribution is -0.122. The minimum Gasteiger partial charge on any atom is -0.497 e. The number of aryl methyl sites for hydroxylation is 1. The predicted molar refractivity (Wildman–Crippen MR) is 118 cm³/mol. The zero-order chi connectivity index (χ0) is 21.6. The van der Waals surface area contributed by atoms with Crippen LogP contribution in [0.15, 0.2) is 42.5 Å². The van der Waals surface area contributed by atoms with Gasteiger partial charge in [0.1, 0.15) is 5.75 Å². The number of benzene rings is 2. The summed E-state index contributed by atoms with van der Waals surface area (Å²) in [5.74, 6) is 0.702. The second-order valence-corrected chi connectivity index (χ2v) is 7.55. The minimum atomic E-state index is -0.462. The maximum atomic E-state index is 12.8. The Balaban J connectivity index is 1.97. The van der Waals surface area contributed by atoms with Gasteiger partial charge in [-0.3, -0.25) is 14.5 Å². The van der Waals surface area contributed by atoms with Gasteiger partial charge in [0.2, 0.25) is 11.8 Å². The summed E-state index contributed by atoms with van der Waals surface area (Å²) in [7, 11) is 3.36. The Morgan fingerprint density at radius 2 is 1.69 bits per heavy atom. The van der Waals surface area contributed by atoms with Crippen LogP contribution in [0.3, 0.4) is 0 Å². The van der Waals surface area contributed by atoms with Crippen LogP contribution < -0.4 is 15.4 Å². The van der Waals surface area contributed by atoms with Crippen LogP contribution in [-0.2, 0) is 9.59 Å². The molecule has 6 heteroatoms. The molecule has 2 aromatic rings. The Labute approximate surface area is 173 Å². The van der Waals surface area contributed by atoms with Crippen molar-refractivity contribution in [2.24, 2.45) is 0 Å². The largest absolute Gasteiger partial charge is 0.497 e. The number of rotatable bonds is 8. The van der Waals surface area contributed by atoms with Gasteiger partial charge in [-0.25, -0.2) is 0 Å². The summed E-state index contributed by atoms with van der Waals surface area (Å²) in [4.78, 5) is 26.9. The van der Waals surface area contributed by atoms with Crippen molar-refractivity contribution in [1.82, 2.24) is 4.90 Å². The molecule has 0 saturated carbocycles. The van der Waals surface area contributed by atoms with Gasteiger partial charge in [0, 0.05) is 11.4 Å². The molecule has 156 valence electrons. The van der Waals surface area contributed by atoms with Crippen LogP contribution >= 0.6 is 0 Å². The highest BCUT2D eigenvalue weighted by Crippen LogP contribution is 2.27. The maximum absolute atomic E-state index is 12.8. The van der Waals surface area contributed by atoms with Crippen LogP contribution in [0.4, 0.5) is 11.4 Å². The van der Waals surface area contributed by atoms with E-state index in [0.717, 1.165) is 22.6 Å². The van der Waals surface area contributed by atoms with Gasteiger partial charge in [-0.1, -0.05) is 32.0 Å². The number of carbonyl (C=O) groups excluding carboxylic acids is 2. The second kappa shape index (κ2) is 10.1. The summed E-state index contributed by atoms with van der Waals surface area (Å²) >= 11 is 0. The Morgan fingerprint density at radius 3 is 2.28 bits per heavy atom. The third kappa shape index (κ3) is 6.06. The molecule has 0 aliphatic heterocycles. The average molecular weight is 398 g/mol. The number of methoxy groups -OCH3 is 1. The van der Waals surface area contributed by atoms with E-state index >= 15 is 0 Å². The summed E-state index contributed by atoms with van der Waals surface area (Å²) in [5, 5.41) is 5.88. The third-order valence-electron chi connectivity index (χ3n) is 4.98. The van der Waals surface area contributed by atoms with Gasteiger partial charge in [0.15, 0.2) is 0 Å². The molecule has 0 radical (unpaired) electrons. The molecular weight excluding hydrogens is 366 g/mol. The van der Waals surface area contributed by atoms with Crippen molar-refractivity contribution in [3.63, 3.8) is 0 Å². The molecule has 0 unspecified atom stereocenters. The molecule has 0 aromatic heterocycles. The zero-order valence-corrected chi connectivity index (χ0v) is 18.1. The average Bonchev–Trinajstić information content (AvgIpc) is 2.69.